The molecule has 0 spiro atoms. The van der Waals surface area contributed by atoms with Crippen molar-refractivity contribution < 1.29 is 9.90 Å². The molecule has 2 heterocycles. The minimum absolute atomic E-state index is 0.215. The molecule has 0 saturated carbocycles. The van der Waals surface area contributed by atoms with Crippen molar-refractivity contribution in [2.45, 2.75) is 6.92 Å². The predicted octanol–water partition coefficient (Wildman–Crippen LogP) is 2.48. The van der Waals surface area contributed by atoms with Crippen molar-refractivity contribution in [1.29, 1.82) is 0 Å². The summed E-state index contributed by atoms with van der Waals surface area (Å²) < 4.78 is 1.74. The summed E-state index contributed by atoms with van der Waals surface area (Å²) in [6.07, 6.45) is 3.29. The smallest absolute Gasteiger partial charge is 0.331 e. The average molecular weight is 237 g/mol. The Morgan fingerprint density at radius 3 is 3.00 bits per heavy atom. The van der Waals surface area contributed by atoms with Gasteiger partial charge < -0.3 is 5.11 Å². The van der Waals surface area contributed by atoms with Crippen molar-refractivity contribution in [2.24, 2.45) is 0 Å². The van der Waals surface area contributed by atoms with E-state index in [2.05, 4.69) is 4.98 Å². The van der Waals surface area contributed by atoms with Crippen LogP contribution in [0.4, 0.5) is 0 Å². The number of imidazole rings is 1. The molecule has 2 rings (SSSR count). The van der Waals surface area contributed by atoms with Crippen LogP contribution >= 0.6 is 11.6 Å². The van der Waals surface area contributed by atoms with Gasteiger partial charge >= 0.3 is 5.97 Å². The van der Waals surface area contributed by atoms with Gasteiger partial charge in [0.2, 0.25) is 0 Å². The molecule has 0 amide bonds. The fourth-order valence-corrected chi connectivity index (χ4v) is 1.61. The fraction of sp³-hybridized carbons (Fsp3) is 0.0909. The molecule has 82 valence electrons. The number of rotatable bonds is 2. The molecule has 0 aliphatic rings. The number of aromatic nitrogens is 2. The second-order valence-corrected chi connectivity index (χ2v) is 3.71. The van der Waals surface area contributed by atoms with E-state index in [0.29, 0.717) is 16.5 Å². The molecule has 0 fully saturated rings. The normalized spacial score (nSPS) is 12.0. The van der Waals surface area contributed by atoms with Gasteiger partial charge in [0.1, 0.15) is 5.65 Å². The highest BCUT2D eigenvalue weighted by atomic mass is 35.5. The molecular formula is C11H9ClN2O2. The summed E-state index contributed by atoms with van der Waals surface area (Å²) in [6.45, 7) is 1.51. The summed E-state index contributed by atoms with van der Waals surface area (Å²) >= 11 is 5.95. The third-order valence-electron chi connectivity index (χ3n) is 2.21. The largest absolute Gasteiger partial charge is 0.478 e. The number of hydrogen-bond acceptors (Lipinski definition) is 2. The number of carboxylic acid groups (broad SMARTS) is 1. The maximum absolute atomic E-state index is 10.7. The number of fused-ring (bicyclic) bond motifs is 1. The number of hydrogen-bond donors (Lipinski definition) is 1. The van der Waals surface area contributed by atoms with Crippen molar-refractivity contribution in [2.75, 3.05) is 0 Å². The van der Waals surface area contributed by atoms with Crippen molar-refractivity contribution in [1.82, 2.24) is 9.38 Å². The minimum atomic E-state index is -0.970. The van der Waals surface area contributed by atoms with Crippen LogP contribution in [-0.2, 0) is 4.79 Å². The van der Waals surface area contributed by atoms with E-state index < -0.39 is 5.97 Å². The summed E-state index contributed by atoms with van der Waals surface area (Å²) in [5.41, 5.74) is 1.49. The molecule has 4 nitrogen and oxygen atoms in total. The number of aliphatic carboxylic acids is 1. The van der Waals surface area contributed by atoms with Crippen LogP contribution in [0.1, 0.15) is 12.6 Å². The predicted molar refractivity (Wildman–Crippen MR) is 61.5 cm³/mol. The summed E-state index contributed by atoms with van der Waals surface area (Å²) in [6, 6.07) is 5.48. The summed E-state index contributed by atoms with van der Waals surface area (Å²) in [7, 11) is 0. The van der Waals surface area contributed by atoms with Gasteiger partial charge in [0.25, 0.3) is 0 Å². The third-order valence-corrected chi connectivity index (χ3v) is 2.49. The Bertz CT molecular complexity index is 587. The number of halogens is 1. The molecule has 2 aromatic rings. The van der Waals surface area contributed by atoms with Crippen LogP contribution < -0.4 is 0 Å². The molecule has 0 unspecified atom stereocenters. The van der Waals surface area contributed by atoms with Crippen LogP contribution in [0.25, 0.3) is 11.7 Å². The first-order chi connectivity index (χ1) is 7.59. The van der Waals surface area contributed by atoms with Gasteiger partial charge in [0.15, 0.2) is 5.15 Å². The van der Waals surface area contributed by atoms with Gasteiger partial charge in [-0.2, -0.15) is 0 Å². The minimum Gasteiger partial charge on any atom is -0.478 e. The van der Waals surface area contributed by atoms with Gasteiger partial charge in [-0.15, -0.1) is 0 Å². The van der Waals surface area contributed by atoms with E-state index in [-0.39, 0.29) is 5.57 Å². The number of carboxylic acids is 1. The van der Waals surface area contributed by atoms with Crippen molar-refractivity contribution in [3.05, 3.63) is 40.8 Å². The number of nitrogens with zero attached hydrogens (tertiary/aromatic N) is 2. The lowest BCUT2D eigenvalue weighted by Gasteiger charge is -1.97. The molecule has 0 saturated heterocycles. The van der Waals surface area contributed by atoms with Crippen LogP contribution in [0.3, 0.4) is 0 Å². The summed E-state index contributed by atoms with van der Waals surface area (Å²) in [5.74, 6) is -0.970. The highest BCUT2D eigenvalue weighted by Gasteiger charge is 2.09. The topological polar surface area (TPSA) is 54.6 Å². The average Bonchev–Trinajstić information content (AvgIpc) is 2.55. The zero-order chi connectivity index (χ0) is 11.7. The molecule has 0 aliphatic heterocycles. The molecule has 0 bridgehead atoms. The zero-order valence-corrected chi connectivity index (χ0v) is 9.27. The molecular weight excluding hydrogens is 228 g/mol. The fourth-order valence-electron chi connectivity index (χ4n) is 1.38. The Hall–Kier alpha value is -1.81. The van der Waals surface area contributed by atoms with Gasteiger partial charge in [0, 0.05) is 11.8 Å². The van der Waals surface area contributed by atoms with Gasteiger partial charge in [-0.1, -0.05) is 17.7 Å². The van der Waals surface area contributed by atoms with E-state index in [1.807, 2.05) is 12.1 Å². The highest BCUT2D eigenvalue weighted by Crippen LogP contribution is 2.20. The maximum Gasteiger partial charge on any atom is 0.331 e. The molecule has 0 aliphatic carbocycles. The third kappa shape index (κ3) is 1.79. The monoisotopic (exact) mass is 236 g/mol. The molecule has 0 atom stereocenters. The molecule has 0 radical (unpaired) electrons. The maximum atomic E-state index is 10.7. The van der Waals surface area contributed by atoms with Crippen LogP contribution in [0.2, 0.25) is 5.15 Å². The van der Waals surface area contributed by atoms with Crippen molar-refractivity contribution in [3.8, 4) is 0 Å². The zero-order valence-electron chi connectivity index (χ0n) is 8.51. The summed E-state index contributed by atoms with van der Waals surface area (Å²) in [5, 5.41) is 9.10. The molecule has 5 heteroatoms. The van der Waals surface area contributed by atoms with E-state index >= 15 is 0 Å². The summed E-state index contributed by atoms with van der Waals surface area (Å²) in [4.78, 5) is 14.8. The Kier molecular flexibility index (Phi) is 2.66. The molecule has 0 aromatic carbocycles. The molecule has 16 heavy (non-hydrogen) atoms. The van der Waals surface area contributed by atoms with Crippen LogP contribution in [0.5, 0.6) is 0 Å². The van der Waals surface area contributed by atoms with Gasteiger partial charge in [0.05, 0.1) is 5.69 Å². The standard InChI is InChI=1S/C11H9ClN2O2/c1-7(11(15)16)6-8-10(12)13-9-4-2-3-5-14(8)9/h2-6H,1H3,(H,15,16). The lowest BCUT2D eigenvalue weighted by atomic mass is 10.2. The number of carbonyl (C=O) groups is 1. The Labute approximate surface area is 96.8 Å². The first kappa shape index (κ1) is 10.7. The van der Waals surface area contributed by atoms with E-state index in [4.69, 9.17) is 16.7 Å². The van der Waals surface area contributed by atoms with Crippen molar-refractivity contribution in [3.63, 3.8) is 0 Å². The van der Waals surface area contributed by atoms with E-state index in [1.54, 1.807) is 16.7 Å². The van der Waals surface area contributed by atoms with E-state index in [0.717, 1.165) is 0 Å². The Morgan fingerprint density at radius 1 is 1.56 bits per heavy atom. The quantitative estimate of drug-likeness (QED) is 0.815. The first-order valence-electron chi connectivity index (χ1n) is 4.64. The first-order valence-corrected chi connectivity index (χ1v) is 5.01. The van der Waals surface area contributed by atoms with E-state index in [1.165, 1.54) is 13.0 Å². The molecule has 2 aromatic heterocycles. The van der Waals surface area contributed by atoms with Crippen LogP contribution in [-0.4, -0.2) is 20.5 Å². The van der Waals surface area contributed by atoms with Crippen LogP contribution in [0.15, 0.2) is 30.0 Å². The van der Waals surface area contributed by atoms with Crippen molar-refractivity contribution >= 4 is 29.3 Å². The molecule has 1 N–H and O–H groups in total. The van der Waals surface area contributed by atoms with Gasteiger partial charge in [-0.3, -0.25) is 4.40 Å². The highest BCUT2D eigenvalue weighted by molar-refractivity contribution is 6.31. The second-order valence-electron chi connectivity index (χ2n) is 3.35. The van der Waals surface area contributed by atoms with Crippen LogP contribution in [0, 0.1) is 0 Å². The second kappa shape index (κ2) is 3.98. The van der Waals surface area contributed by atoms with Gasteiger partial charge in [-0.25, -0.2) is 9.78 Å². The van der Waals surface area contributed by atoms with Gasteiger partial charge in [-0.05, 0) is 25.1 Å². The Balaban J connectivity index is 2.64. The Morgan fingerprint density at radius 2 is 2.31 bits per heavy atom. The lowest BCUT2D eigenvalue weighted by Crippen LogP contribution is -1.96. The van der Waals surface area contributed by atoms with E-state index in [9.17, 15) is 4.79 Å². The SMILES string of the molecule is CC(=Cc1c(Cl)nc2ccccn12)C(=O)O. The lowest BCUT2D eigenvalue weighted by molar-refractivity contribution is -0.132. The number of pyridine rings is 1.